The highest BCUT2D eigenvalue weighted by Gasteiger charge is 2.21. The molecule has 0 aliphatic carbocycles. The van der Waals surface area contributed by atoms with Crippen molar-refractivity contribution in [1.82, 2.24) is 0 Å². The standard InChI is InChI=1S/C26H38BN2/c1-17(2)21-11-9-12-22(18(3)4)25(21)28-15-16-29(27-28)26-23(19(5)6)13-10-14-24(26)20(7)8/h9-14,17-20H,15-16H2,1-8H3/q-1. The highest BCUT2D eigenvalue weighted by Crippen LogP contribution is 2.39. The van der Waals surface area contributed by atoms with Crippen LogP contribution in [0.2, 0.25) is 0 Å². The molecule has 29 heavy (non-hydrogen) atoms. The zero-order valence-corrected chi connectivity index (χ0v) is 19.7. The SMILES string of the molecule is CC(C)c1cccc(C(C)C)c1N1[B-]N(c2c(C(C)C)cccc2C(C)C)CC1. The van der Waals surface area contributed by atoms with E-state index in [2.05, 4.69) is 109 Å². The minimum Gasteiger partial charge on any atom is -0.585 e. The third-order valence-corrected chi connectivity index (χ3v) is 6.12. The van der Waals surface area contributed by atoms with Crippen LogP contribution in [0.25, 0.3) is 0 Å². The lowest BCUT2D eigenvalue weighted by atomic mass is 9.88. The smallest absolute Gasteiger partial charge is 0.000443 e. The zero-order valence-electron chi connectivity index (χ0n) is 19.7. The first-order valence-electron chi connectivity index (χ1n) is 11.4. The number of nitrogens with zero attached hydrogens (tertiary/aromatic N) is 2. The molecular formula is C26H38BN2-. The Kier molecular flexibility index (Phi) is 6.66. The molecule has 1 saturated heterocycles. The summed E-state index contributed by atoms with van der Waals surface area (Å²) in [6.45, 7) is 20.5. The van der Waals surface area contributed by atoms with Crippen molar-refractivity contribution in [3.05, 3.63) is 58.7 Å². The van der Waals surface area contributed by atoms with Crippen LogP contribution in [0.4, 0.5) is 11.4 Å². The lowest BCUT2D eigenvalue weighted by Crippen LogP contribution is -2.32. The summed E-state index contributed by atoms with van der Waals surface area (Å²) in [5.41, 5.74) is 8.67. The Bertz CT molecular complexity index is 717. The fourth-order valence-electron chi connectivity index (χ4n) is 4.53. The third-order valence-electron chi connectivity index (χ3n) is 6.12. The highest BCUT2D eigenvalue weighted by atomic mass is 15.3. The highest BCUT2D eigenvalue weighted by molar-refractivity contribution is 6.48. The molecule has 1 fully saturated rings. The van der Waals surface area contributed by atoms with E-state index in [1.165, 1.54) is 33.6 Å². The zero-order chi connectivity index (χ0) is 21.3. The van der Waals surface area contributed by atoms with Crippen LogP contribution in [0.3, 0.4) is 0 Å². The lowest BCUT2D eigenvalue weighted by molar-refractivity contribution is 0.821. The quantitative estimate of drug-likeness (QED) is 0.489. The number of benzene rings is 2. The van der Waals surface area contributed by atoms with Crippen molar-refractivity contribution in [2.75, 3.05) is 22.7 Å². The fraction of sp³-hybridized carbons (Fsp3) is 0.538. The van der Waals surface area contributed by atoms with Gasteiger partial charge in [0.15, 0.2) is 0 Å². The van der Waals surface area contributed by atoms with Gasteiger partial charge in [0.1, 0.15) is 0 Å². The van der Waals surface area contributed by atoms with Gasteiger partial charge in [-0.2, -0.15) is 0 Å². The maximum atomic E-state index is 2.51. The lowest BCUT2D eigenvalue weighted by Gasteiger charge is -2.42. The summed E-state index contributed by atoms with van der Waals surface area (Å²) in [6.07, 6.45) is 0. The van der Waals surface area contributed by atoms with Gasteiger partial charge in [0.05, 0.1) is 0 Å². The molecule has 2 aromatic carbocycles. The van der Waals surface area contributed by atoms with Gasteiger partial charge in [0.25, 0.3) is 0 Å². The van der Waals surface area contributed by atoms with Crippen molar-refractivity contribution >= 4 is 18.9 Å². The monoisotopic (exact) mass is 389 g/mol. The molecule has 0 atom stereocenters. The van der Waals surface area contributed by atoms with E-state index in [0.717, 1.165) is 13.1 Å². The molecule has 0 aromatic heterocycles. The maximum absolute atomic E-state index is 2.51. The Morgan fingerprint density at radius 3 is 1.07 bits per heavy atom. The molecule has 0 N–H and O–H groups in total. The summed E-state index contributed by atoms with van der Waals surface area (Å²) in [5, 5.41) is 0. The van der Waals surface area contributed by atoms with Gasteiger partial charge in [-0.1, -0.05) is 99.3 Å². The van der Waals surface area contributed by atoms with Crippen molar-refractivity contribution in [3.63, 3.8) is 0 Å². The van der Waals surface area contributed by atoms with E-state index >= 15 is 0 Å². The number of para-hydroxylation sites is 2. The maximum Gasteiger partial charge on any atom is 0.000443 e. The first-order valence-corrected chi connectivity index (χ1v) is 11.4. The van der Waals surface area contributed by atoms with E-state index in [4.69, 9.17) is 0 Å². The molecule has 0 unspecified atom stereocenters. The fourth-order valence-corrected chi connectivity index (χ4v) is 4.53. The normalized spacial score (nSPS) is 14.9. The molecule has 0 saturated carbocycles. The van der Waals surface area contributed by atoms with Crippen LogP contribution in [0.5, 0.6) is 0 Å². The van der Waals surface area contributed by atoms with Crippen LogP contribution in [0.1, 0.15) is 101 Å². The molecule has 156 valence electrons. The summed E-state index contributed by atoms with van der Waals surface area (Å²) in [6, 6.07) is 13.7. The molecule has 0 amide bonds. The van der Waals surface area contributed by atoms with E-state index in [1.54, 1.807) is 0 Å². The molecular weight excluding hydrogens is 351 g/mol. The van der Waals surface area contributed by atoms with E-state index in [9.17, 15) is 0 Å². The molecule has 2 radical (unpaired) electrons. The average Bonchev–Trinajstić information content (AvgIpc) is 3.15. The molecule has 0 bridgehead atoms. The Morgan fingerprint density at radius 1 is 0.552 bits per heavy atom. The van der Waals surface area contributed by atoms with Crippen molar-refractivity contribution < 1.29 is 0 Å². The Hall–Kier alpha value is -1.90. The molecule has 0 spiro atoms. The number of hydrogen-bond donors (Lipinski definition) is 0. The first-order chi connectivity index (χ1) is 13.7. The summed E-state index contributed by atoms with van der Waals surface area (Å²) < 4.78 is 0. The van der Waals surface area contributed by atoms with Gasteiger partial charge in [0.2, 0.25) is 0 Å². The summed E-state index contributed by atoms with van der Waals surface area (Å²) in [5.74, 6) is 2.06. The number of anilines is 2. The van der Waals surface area contributed by atoms with Crippen LogP contribution < -0.4 is 9.62 Å². The van der Waals surface area contributed by atoms with E-state index < -0.39 is 0 Å². The Labute approximate surface area is 179 Å². The van der Waals surface area contributed by atoms with Crippen LogP contribution in [0.15, 0.2) is 36.4 Å². The summed E-state index contributed by atoms with van der Waals surface area (Å²) >= 11 is 0. The van der Waals surface area contributed by atoms with Gasteiger partial charge < -0.3 is 9.62 Å². The molecule has 2 aromatic rings. The molecule has 1 aliphatic rings. The second-order valence-electron chi connectivity index (χ2n) is 9.69. The summed E-state index contributed by atoms with van der Waals surface area (Å²) in [4.78, 5) is 5.01. The second kappa shape index (κ2) is 8.85. The van der Waals surface area contributed by atoms with Crippen molar-refractivity contribution in [2.24, 2.45) is 0 Å². The Balaban J connectivity index is 2.03. The van der Waals surface area contributed by atoms with Gasteiger partial charge in [-0.15, -0.1) is 0 Å². The minimum atomic E-state index is 0.514. The van der Waals surface area contributed by atoms with Crippen molar-refractivity contribution in [1.29, 1.82) is 0 Å². The van der Waals surface area contributed by atoms with Gasteiger partial charge in [-0.05, 0) is 59.0 Å². The van der Waals surface area contributed by atoms with Gasteiger partial charge in [-0.25, -0.2) is 0 Å². The molecule has 2 nitrogen and oxygen atoms in total. The molecule has 3 heteroatoms. The largest absolute Gasteiger partial charge is 0.585 e. The number of hydrogen-bond acceptors (Lipinski definition) is 2. The predicted octanol–water partition coefficient (Wildman–Crippen LogP) is 7.04. The van der Waals surface area contributed by atoms with Crippen LogP contribution in [-0.2, 0) is 0 Å². The second-order valence-corrected chi connectivity index (χ2v) is 9.69. The van der Waals surface area contributed by atoms with Crippen LogP contribution in [-0.4, -0.2) is 20.6 Å². The van der Waals surface area contributed by atoms with Gasteiger partial charge in [-0.3, -0.25) is 0 Å². The predicted molar refractivity (Wildman–Crippen MR) is 130 cm³/mol. The molecule has 1 heterocycles. The summed E-state index contributed by atoms with van der Waals surface area (Å²) in [7, 11) is 2.38. The molecule has 3 rings (SSSR count). The topological polar surface area (TPSA) is 6.48 Å². The average molecular weight is 389 g/mol. The minimum absolute atomic E-state index is 0.514. The molecule has 1 aliphatic heterocycles. The van der Waals surface area contributed by atoms with Crippen molar-refractivity contribution in [3.8, 4) is 0 Å². The van der Waals surface area contributed by atoms with E-state index in [0.29, 0.717) is 23.7 Å². The van der Waals surface area contributed by atoms with Gasteiger partial charge >= 0.3 is 0 Å². The van der Waals surface area contributed by atoms with E-state index in [1.807, 2.05) is 0 Å². The Morgan fingerprint density at radius 2 is 0.828 bits per heavy atom. The van der Waals surface area contributed by atoms with Crippen molar-refractivity contribution in [2.45, 2.75) is 79.1 Å². The number of rotatable bonds is 6. The first kappa shape index (κ1) is 21.8. The van der Waals surface area contributed by atoms with Gasteiger partial charge in [0, 0.05) is 11.4 Å². The third kappa shape index (κ3) is 4.34. The van der Waals surface area contributed by atoms with E-state index in [-0.39, 0.29) is 0 Å². The van der Waals surface area contributed by atoms with Crippen LogP contribution >= 0.6 is 0 Å². The van der Waals surface area contributed by atoms with Crippen LogP contribution in [0, 0.1) is 0 Å².